The first-order valence-electron chi connectivity index (χ1n) is 5.40. The second-order valence-corrected chi connectivity index (χ2v) is 5.95. The summed E-state index contributed by atoms with van der Waals surface area (Å²) in [6, 6.07) is 7.99. The standard InChI is InChI=1S/C13H8BrCl3N2O/c14-11-7(2-1-3-10(11)18)13(20)19-12-8(16)4-6(15)5-9(12)17/h1-5H,18H2,(H,19,20). The second-order valence-electron chi connectivity index (χ2n) is 3.91. The van der Waals surface area contributed by atoms with Crippen LogP contribution in [0.3, 0.4) is 0 Å². The predicted molar refractivity (Wildman–Crippen MR) is 88.0 cm³/mol. The second kappa shape index (κ2) is 6.22. The van der Waals surface area contributed by atoms with E-state index in [1.165, 1.54) is 12.1 Å². The van der Waals surface area contributed by atoms with Gasteiger partial charge >= 0.3 is 0 Å². The highest BCUT2D eigenvalue weighted by Gasteiger charge is 2.15. The van der Waals surface area contributed by atoms with Crippen molar-refractivity contribution in [3.05, 3.63) is 55.4 Å². The highest BCUT2D eigenvalue weighted by molar-refractivity contribution is 9.10. The third-order valence-corrected chi connectivity index (χ3v) is 4.22. The number of rotatable bonds is 2. The van der Waals surface area contributed by atoms with Gasteiger partial charge in [0.15, 0.2) is 0 Å². The Morgan fingerprint density at radius 1 is 1.15 bits per heavy atom. The van der Waals surface area contributed by atoms with E-state index in [-0.39, 0.29) is 16.0 Å². The Kier molecular flexibility index (Phi) is 4.81. The maximum absolute atomic E-state index is 12.2. The molecule has 104 valence electrons. The van der Waals surface area contributed by atoms with Crippen LogP contribution >= 0.6 is 50.7 Å². The molecular weight excluding hydrogens is 386 g/mol. The van der Waals surface area contributed by atoms with Crippen LogP contribution in [-0.4, -0.2) is 5.91 Å². The van der Waals surface area contributed by atoms with E-state index in [4.69, 9.17) is 40.5 Å². The lowest BCUT2D eigenvalue weighted by molar-refractivity contribution is 0.102. The zero-order valence-corrected chi connectivity index (χ0v) is 13.7. The SMILES string of the molecule is Nc1cccc(C(=O)Nc2c(Cl)cc(Cl)cc2Cl)c1Br. The summed E-state index contributed by atoms with van der Waals surface area (Å²) in [5, 5.41) is 3.55. The molecule has 20 heavy (non-hydrogen) atoms. The predicted octanol–water partition coefficient (Wildman–Crippen LogP) is 5.24. The average molecular weight is 394 g/mol. The molecule has 0 radical (unpaired) electrons. The van der Waals surface area contributed by atoms with Gasteiger partial charge in [0.05, 0.1) is 25.8 Å². The van der Waals surface area contributed by atoms with E-state index in [1.807, 2.05) is 0 Å². The van der Waals surface area contributed by atoms with Gasteiger partial charge in [0.1, 0.15) is 0 Å². The number of hydrogen-bond donors (Lipinski definition) is 2. The van der Waals surface area contributed by atoms with E-state index in [1.54, 1.807) is 18.2 Å². The largest absolute Gasteiger partial charge is 0.398 e. The van der Waals surface area contributed by atoms with Gasteiger partial charge in [-0.15, -0.1) is 0 Å². The number of nitrogen functional groups attached to an aromatic ring is 1. The van der Waals surface area contributed by atoms with Gasteiger partial charge in [-0.25, -0.2) is 0 Å². The van der Waals surface area contributed by atoms with Crippen molar-refractivity contribution in [2.24, 2.45) is 0 Å². The molecule has 0 spiro atoms. The topological polar surface area (TPSA) is 55.1 Å². The molecule has 0 aliphatic carbocycles. The van der Waals surface area contributed by atoms with Crippen LogP contribution in [0.2, 0.25) is 15.1 Å². The summed E-state index contributed by atoms with van der Waals surface area (Å²) in [5.41, 5.74) is 6.88. The first-order chi connectivity index (χ1) is 9.40. The van der Waals surface area contributed by atoms with E-state index in [9.17, 15) is 4.79 Å². The normalized spacial score (nSPS) is 10.4. The van der Waals surface area contributed by atoms with Gasteiger partial charge in [-0.2, -0.15) is 0 Å². The van der Waals surface area contributed by atoms with Crippen molar-refractivity contribution < 1.29 is 4.79 Å². The van der Waals surface area contributed by atoms with Crippen LogP contribution in [0.1, 0.15) is 10.4 Å². The van der Waals surface area contributed by atoms with Gasteiger partial charge in [-0.3, -0.25) is 4.79 Å². The number of nitrogens with two attached hydrogens (primary N) is 1. The quantitative estimate of drug-likeness (QED) is 0.684. The molecule has 0 unspecified atom stereocenters. The molecule has 0 atom stereocenters. The van der Waals surface area contributed by atoms with Crippen molar-refractivity contribution in [1.29, 1.82) is 0 Å². The van der Waals surface area contributed by atoms with Crippen molar-refractivity contribution >= 4 is 68.0 Å². The van der Waals surface area contributed by atoms with E-state index < -0.39 is 0 Å². The van der Waals surface area contributed by atoms with Crippen LogP contribution < -0.4 is 11.1 Å². The lowest BCUT2D eigenvalue weighted by atomic mass is 10.2. The maximum Gasteiger partial charge on any atom is 0.256 e. The van der Waals surface area contributed by atoms with Gasteiger partial charge < -0.3 is 11.1 Å². The fourth-order valence-electron chi connectivity index (χ4n) is 1.57. The molecule has 0 aliphatic rings. The van der Waals surface area contributed by atoms with Crippen molar-refractivity contribution in [3.63, 3.8) is 0 Å². The minimum absolute atomic E-state index is 0.260. The molecule has 0 bridgehead atoms. The van der Waals surface area contributed by atoms with Crippen molar-refractivity contribution in [1.82, 2.24) is 0 Å². The van der Waals surface area contributed by atoms with Crippen molar-refractivity contribution in [2.45, 2.75) is 0 Å². The highest BCUT2D eigenvalue weighted by Crippen LogP contribution is 2.34. The molecule has 0 saturated heterocycles. The number of amides is 1. The molecular formula is C13H8BrCl3N2O. The van der Waals surface area contributed by atoms with Crippen LogP contribution in [0.5, 0.6) is 0 Å². The minimum Gasteiger partial charge on any atom is -0.398 e. The van der Waals surface area contributed by atoms with Gasteiger partial charge in [0.25, 0.3) is 5.91 Å². The first kappa shape index (κ1) is 15.4. The fourth-order valence-corrected chi connectivity index (χ4v) is 2.92. The van der Waals surface area contributed by atoms with Crippen LogP contribution in [0.4, 0.5) is 11.4 Å². The molecule has 0 heterocycles. The molecule has 0 saturated carbocycles. The number of halogens is 4. The molecule has 1 amide bonds. The Labute approximate surface area is 139 Å². The van der Waals surface area contributed by atoms with Crippen molar-refractivity contribution in [3.8, 4) is 0 Å². The molecule has 3 N–H and O–H groups in total. The number of benzene rings is 2. The summed E-state index contributed by atoms with van der Waals surface area (Å²) in [6.07, 6.45) is 0. The molecule has 2 aromatic carbocycles. The summed E-state index contributed by atoms with van der Waals surface area (Å²) in [5.74, 6) is -0.379. The number of anilines is 2. The molecule has 0 fully saturated rings. The highest BCUT2D eigenvalue weighted by atomic mass is 79.9. The summed E-state index contributed by atoms with van der Waals surface area (Å²) < 4.78 is 0.513. The van der Waals surface area contributed by atoms with Crippen LogP contribution in [0.15, 0.2) is 34.8 Å². The Hall–Kier alpha value is -0.940. The zero-order valence-electron chi connectivity index (χ0n) is 9.88. The lowest BCUT2D eigenvalue weighted by Gasteiger charge is -2.11. The summed E-state index contributed by atoms with van der Waals surface area (Å²) in [4.78, 5) is 12.2. The van der Waals surface area contributed by atoms with Crippen molar-refractivity contribution in [2.75, 3.05) is 11.1 Å². The smallest absolute Gasteiger partial charge is 0.256 e. The number of hydrogen-bond acceptors (Lipinski definition) is 2. The fraction of sp³-hybridized carbons (Fsp3) is 0. The summed E-state index contributed by atoms with van der Waals surface area (Å²) >= 11 is 21.1. The van der Waals surface area contributed by atoms with E-state index in [0.29, 0.717) is 26.4 Å². The number of carbonyl (C=O) groups excluding carboxylic acids is 1. The van der Waals surface area contributed by atoms with Crippen LogP contribution in [-0.2, 0) is 0 Å². The monoisotopic (exact) mass is 392 g/mol. The average Bonchev–Trinajstić information content (AvgIpc) is 2.36. The Morgan fingerprint density at radius 2 is 1.75 bits per heavy atom. The summed E-state index contributed by atoms with van der Waals surface area (Å²) in [7, 11) is 0. The molecule has 3 nitrogen and oxygen atoms in total. The van der Waals surface area contributed by atoms with Gasteiger partial charge in [-0.05, 0) is 40.2 Å². The maximum atomic E-state index is 12.2. The lowest BCUT2D eigenvalue weighted by Crippen LogP contribution is -2.14. The molecule has 0 aromatic heterocycles. The summed E-state index contributed by atoms with van der Waals surface area (Å²) in [6.45, 7) is 0. The number of nitrogens with one attached hydrogen (secondary N) is 1. The van der Waals surface area contributed by atoms with E-state index in [0.717, 1.165) is 0 Å². The zero-order chi connectivity index (χ0) is 14.9. The molecule has 2 rings (SSSR count). The minimum atomic E-state index is -0.379. The Balaban J connectivity index is 2.36. The third kappa shape index (κ3) is 3.20. The molecule has 7 heteroatoms. The number of carbonyl (C=O) groups is 1. The van der Waals surface area contributed by atoms with Gasteiger partial charge in [-0.1, -0.05) is 40.9 Å². The first-order valence-corrected chi connectivity index (χ1v) is 7.32. The third-order valence-electron chi connectivity index (χ3n) is 2.52. The van der Waals surface area contributed by atoms with E-state index in [2.05, 4.69) is 21.2 Å². The Bertz CT molecular complexity index is 668. The van der Waals surface area contributed by atoms with Crippen LogP contribution in [0.25, 0.3) is 0 Å². The van der Waals surface area contributed by atoms with Gasteiger partial charge in [0, 0.05) is 10.7 Å². The molecule has 2 aromatic rings. The van der Waals surface area contributed by atoms with E-state index >= 15 is 0 Å². The van der Waals surface area contributed by atoms with Gasteiger partial charge in [0.2, 0.25) is 0 Å². The van der Waals surface area contributed by atoms with Crippen LogP contribution in [0, 0.1) is 0 Å². The Morgan fingerprint density at radius 3 is 2.35 bits per heavy atom. The molecule has 0 aliphatic heterocycles.